The van der Waals surface area contributed by atoms with Gasteiger partial charge in [0.25, 0.3) is 5.65 Å². The summed E-state index contributed by atoms with van der Waals surface area (Å²) >= 11 is 5.94. The van der Waals surface area contributed by atoms with Gasteiger partial charge in [0, 0.05) is 16.8 Å². The molecule has 3 aromatic rings. The number of imidazole rings is 1. The molecule has 18 heavy (non-hydrogen) atoms. The average Bonchev–Trinajstić information content (AvgIpc) is 2.79. The van der Waals surface area contributed by atoms with Gasteiger partial charge in [-0.3, -0.25) is 0 Å². The van der Waals surface area contributed by atoms with E-state index in [1.165, 1.54) is 0 Å². The maximum Gasteiger partial charge on any atom is 0.284 e. The van der Waals surface area contributed by atoms with Crippen LogP contribution in [0.3, 0.4) is 0 Å². The lowest BCUT2D eigenvalue weighted by molar-refractivity contribution is -0.510. The highest BCUT2D eigenvalue weighted by Gasteiger charge is 2.06. The van der Waals surface area contributed by atoms with Gasteiger partial charge in [0.15, 0.2) is 5.69 Å². The van der Waals surface area contributed by atoms with Gasteiger partial charge in [-0.1, -0.05) is 23.7 Å². The Labute approximate surface area is 110 Å². The van der Waals surface area contributed by atoms with E-state index in [-0.39, 0.29) is 0 Å². The Kier molecular flexibility index (Phi) is 2.90. The fourth-order valence-corrected chi connectivity index (χ4v) is 2.11. The Hall–Kier alpha value is -2.00. The standard InChI is InChI=1S/C14H12ClN3/c15-11-4-3-5-12(8-11)16-9-13-10-18-7-2-1-6-14(18)17-13/h1-8,10,16H,9H2/p+1. The minimum absolute atomic E-state index is 0.738. The molecule has 1 aromatic carbocycles. The number of halogens is 1. The second-order valence-electron chi connectivity index (χ2n) is 4.14. The minimum Gasteiger partial charge on any atom is -0.377 e. The summed E-state index contributed by atoms with van der Waals surface area (Å²) < 4.78 is 2.06. The fourth-order valence-electron chi connectivity index (χ4n) is 1.92. The van der Waals surface area contributed by atoms with Crippen molar-refractivity contribution in [3.63, 3.8) is 0 Å². The molecule has 0 aliphatic heterocycles. The topological polar surface area (TPSA) is 31.9 Å². The molecule has 2 aromatic heterocycles. The summed E-state index contributed by atoms with van der Waals surface area (Å²) in [6.45, 7) is 0.738. The highest BCUT2D eigenvalue weighted by molar-refractivity contribution is 6.30. The Balaban J connectivity index is 1.76. The maximum absolute atomic E-state index is 5.94. The number of H-pyrrole nitrogens is 1. The molecule has 0 radical (unpaired) electrons. The molecule has 4 heteroatoms. The highest BCUT2D eigenvalue weighted by atomic mass is 35.5. The first-order chi connectivity index (χ1) is 8.81. The summed E-state index contributed by atoms with van der Waals surface area (Å²) in [6, 6.07) is 13.8. The van der Waals surface area contributed by atoms with Crippen LogP contribution in [0.25, 0.3) is 5.65 Å². The Morgan fingerprint density at radius 3 is 2.94 bits per heavy atom. The average molecular weight is 259 g/mol. The van der Waals surface area contributed by atoms with Crippen molar-refractivity contribution in [2.24, 2.45) is 0 Å². The SMILES string of the molecule is Clc1cccc(NCc2c[n+]3ccccc3[nH]2)c1. The van der Waals surface area contributed by atoms with Crippen molar-refractivity contribution in [3.05, 3.63) is 65.6 Å². The van der Waals surface area contributed by atoms with Crippen molar-refractivity contribution in [1.82, 2.24) is 4.98 Å². The lowest BCUT2D eigenvalue weighted by atomic mass is 10.3. The maximum atomic E-state index is 5.94. The molecule has 90 valence electrons. The number of benzene rings is 1. The molecular formula is C14H13ClN3+. The van der Waals surface area contributed by atoms with Gasteiger partial charge < -0.3 is 5.32 Å². The van der Waals surface area contributed by atoms with Crippen LogP contribution in [0.4, 0.5) is 5.69 Å². The second-order valence-corrected chi connectivity index (χ2v) is 4.57. The molecule has 0 atom stereocenters. The van der Waals surface area contributed by atoms with E-state index in [9.17, 15) is 0 Å². The Bertz CT molecular complexity index is 642. The van der Waals surface area contributed by atoms with Crippen molar-refractivity contribution in [2.45, 2.75) is 6.54 Å². The van der Waals surface area contributed by atoms with Crippen molar-refractivity contribution < 1.29 is 4.40 Å². The lowest BCUT2D eigenvalue weighted by Gasteiger charge is -2.02. The van der Waals surface area contributed by atoms with E-state index in [1.54, 1.807) is 0 Å². The number of nitrogens with one attached hydrogen (secondary N) is 2. The number of anilines is 1. The predicted molar refractivity (Wildman–Crippen MR) is 72.7 cm³/mol. The minimum atomic E-state index is 0.738. The van der Waals surface area contributed by atoms with Crippen LogP contribution in [-0.4, -0.2) is 4.98 Å². The number of hydrogen-bond donors (Lipinski definition) is 2. The van der Waals surface area contributed by atoms with Crippen molar-refractivity contribution in [3.8, 4) is 0 Å². The molecule has 2 heterocycles. The van der Waals surface area contributed by atoms with E-state index in [1.807, 2.05) is 48.7 Å². The molecule has 3 nitrogen and oxygen atoms in total. The third kappa shape index (κ3) is 2.31. The first-order valence-corrected chi connectivity index (χ1v) is 6.16. The van der Waals surface area contributed by atoms with Gasteiger partial charge in [0.05, 0.1) is 12.7 Å². The largest absolute Gasteiger partial charge is 0.377 e. The molecular weight excluding hydrogens is 246 g/mol. The first-order valence-electron chi connectivity index (χ1n) is 5.78. The molecule has 3 rings (SSSR count). The van der Waals surface area contributed by atoms with Crippen molar-refractivity contribution in [2.75, 3.05) is 5.32 Å². The molecule has 0 bridgehead atoms. The number of aromatic amines is 1. The number of aromatic nitrogens is 2. The first kappa shape index (κ1) is 11.1. The van der Waals surface area contributed by atoms with Crippen LogP contribution < -0.4 is 9.72 Å². The summed E-state index contributed by atoms with van der Waals surface area (Å²) in [7, 11) is 0. The molecule has 0 aliphatic rings. The van der Waals surface area contributed by atoms with Gasteiger partial charge >= 0.3 is 0 Å². The third-order valence-electron chi connectivity index (χ3n) is 2.78. The fraction of sp³-hybridized carbons (Fsp3) is 0.0714. The van der Waals surface area contributed by atoms with Gasteiger partial charge in [-0.25, -0.2) is 9.38 Å². The van der Waals surface area contributed by atoms with E-state index < -0.39 is 0 Å². The molecule has 0 spiro atoms. The molecule has 2 N–H and O–H groups in total. The predicted octanol–water partition coefficient (Wildman–Crippen LogP) is 3.02. The normalized spacial score (nSPS) is 10.7. The van der Waals surface area contributed by atoms with Crippen LogP contribution in [0.5, 0.6) is 0 Å². The number of fused-ring (bicyclic) bond motifs is 1. The number of hydrogen-bond acceptors (Lipinski definition) is 1. The Morgan fingerprint density at radius 2 is 2.11 bits per heavy atom. The van der Waals surface area contributed by atoms with Gasteiger partial charge in [-0.15, -0.1) is 0 Å². The monoisotopic (exact) mass is 258 g/mol. The van der Waals surface area contributed by atoms with E-state index in [0.717, 1.165) is 28.6 Å². The zero-order valence-electron chi connectivity index (χ0n) is 9.73. The zero-order valence-corrected chi connectivity index (χ0v) is 10.5. The Morgan fingerprint density at radius 1 is 1.17 bits per heavy atom. The lowest BCUT2D eigenvalue weighted by Crippen LogP contribution is -2.16. The van der Waals surface area contributed by atoms with Crippen molar-refractivity contribution in [1.29, 1.82) is 0 Å². The van der Waals surface area contributed by atoms with Crippen LogP contribution >= 0.6 is 11.6 Å². The molecule has 0 unspecified atom stereocenters. The van der Waals surface area contributed by atoms with E-state index >= 15 is 0 Å². The number of rotatable bonds is 3. The van der Waals surface area contributed by atoms with E-state index in [0.29, 0.717) is 0 Å². The summed E-state index contributed by atoms with van der Waals surface area (Å²) in [4.78, 5) is 3.35. The highest BCUT2D eigenvalue weighted by Crippen LogP contribution is 2.15. The second kappa shape index (κ2) is 4.70. The van der Waals surface area contributed by atoms with Gasteiger partial charge in [-0.2, -0.15) is 0 Å². The zero-order chi connectivity index (χ0) is 12.4. The summed E-state index contributed by atoms with van der Waals surface area (Å²) in [5, 5.41) is 4.08. The molecule has 0 saturated heterocycles. The molecule has 0 fully saturated rings. The smallest absolute Gasteiger partial charge is 0.284 e. The molecule has 0 amide bonds. The summed E-state index contributed by atoms with van der Waals surface area (Å²) in [6.07, 6.45) is 4.10. The van der Waals surface area contributed by atoms with Crippen LogP contribution in [0.15, 0.2) is 54.9 Å². The quantitative estimate of drug-likeness (QED) is 0.696. The van der Waals surface area contributed by atoms with Crippen LogP contribution in [-0.2, 0) is 6.54 Å². The van der Waals surface area contributed by atoms with Crippen molar-refractivity contribution >= 4 is 22.9 Å². The number of nitrogens with zero attached hydrogens (tertiary/aromatic N) is 1. The van der Waals surface area contributed by atoms with Crippen LogP contribution in [0, 0.1) is 0 Å². The summed E-state index contributed by atoms with van der Waals surface area (Å²) in [5.41, 5.74) is 3.23. The summed E-state index contributed by atoms with van der Waals surface area (Å²) in [5.74, 6) is 0. The molecule has 0 saturated carbocycles. The van der Waals surface area contributed by atoms with Crippen LogP contribution in [0.1, 0.15) is 5.69 Å². The third-order valence-corrected chi connectivity index (χ3v) is 3.02. The number of pyridine rings is 1. The van der Waals surface area contributed by atoms with E-state index in [2.05, 4.69) is 20.9 Å². The molecule has 0 aliphatic carbocycles. The van der Waals surface area contributed by atoms with Gasteiger partial charge in [-0.05, 0) is 24.3 Å². The van der Waals surface area contributed by atoms with Gasteiger partial charge in [0.2, 0.25) is 0 Å². The van der Waals surface area contributed by atoms with Gasteiger partial charge in [0.1, 0.15) is 6.20 Å². The van der Waals surface area contributed by atoms with Crippen LogP contribution in [0.2, 0.25) is 5.02 Å². The van der Waals surface area contributed by atoms with E-state index in [4.69, 9.17) is 11.6 Å².